The van der Waals surface area contributed by atoms with Crippen molar-refractivity contribution >= 4 is 24.1 Å². The van der Waals surface area contributed by atoms with Crippen LogP contribution in [0.1, 0.15) is 18.9 Å². The molecule has 9 heteroatoms. The van der Waals surface area contributed by atoms with Gasteiger partial charge in [-0.25, -0.2) is 4.98 Å². The summed E-state index contributed by atoms with van der Waals surface area (Å²) in [6.45, 7) is 2.26. The standard InChI is InChI=1S/C21H28N4O2S.CH2O2/c1-23(2)20(26)11-18-13-24-12-16(10-17(24)14-27-18)25-9-8-22-21(25)15-4-6-19(28-3)7-5-15;2-1-3/h4-9,16-18H,10-14H2,1-3H3;1H,(H,2,3)/t16-,17+,18+;/m1./s1. The van der Waals surface area contributed by atoms with E-state index < -0.39 is 0 Å². The number of carbonyl (C=O) groups is 2. The van der Waals surface area contributed by atoms with Crippen molar-refractivity contribution < 1.29 is 19.4 Å². The molecule has 0 saturated carbocycles. The van der Waals surface area contributed by atoms with Crippen LogP contribution in [0.3, 0.4) is 0 Å². The van der Waals surface area contributed by atoms with Crippen molar-refractivity contribution in [3.05, 3.63) is 36.7 Å². The van der Waals surface area contributed by atoms with Gasteiger partial charge in [-0.3, -0.25) is 14.5 Å². The molecule has 1 aromatic heterocycles. The number of nitrogens with zero attached hydrogens (tertiary/aromatic N) is 4. The highest BCUT2D eigenvalue weighted by molar-refractivity contribution is 7.98. The summed E-state index contributed by atoms with van der Waals surface area (Å²) in [6, 6.07) is 9.41. The van der Waals surface area contributed by atoms with Gasteiger partial charge >= 0.3 is 0 Å². The Morgan fingerprint density at radius 2 is 2.00 bits per heavy atom. The normalized spacial score (nSPS) is 22.9. The van der Waals surface area contributed by atoms with Crippen LogP contribution in [0.5, 0.6) is 0 Å². The van der Waals surface area contributed by atoms with E-state index >= 15 is 0 Å². The number of rotatable bonds is 5. The van der Waals surface area contributed by atoms with E-state index in [9.17, 15) is 4.79 Å². The van der Waals surface area contributed by atoms with Crippen LogP contribution in [0.15, 0.2) is 41.6 Å². The number of imidazole rings is 1. The van der Waals surface area contributed by atoms with Gasteiger partial charge in [0.05, 0.1) is 19.1 Å². The lowest BCUT2D eigenvalue weighted by molar-refractivity contribution is -0.134. The fraction of sp³-hybridized carbons (Fsp3) is 0.500. The van der Waals surface area contributed by atoms with Gasteiger partial charge in [0, 0.05) is 62.1 Å². The first-order chi connectivity index (χ1) is 15.0. The number of aromatic nitrogens is 2. The van der Waals surface area contributed by atoms with E-state index in [1.165, 1.54) is 4.90 Å². The first kappa shape index (κ1) is 23.3. The van der Waals surface area contributed by atoms with Crippen molar-refractivity contribution in [3.8, 4) is 11.4 Å². The van der Waals surface area contributed by atoms with Gasteiger partial charge in [-0.1, -0.05) is 12.1 Å². The molecule has 3 atom stereocenters. The molecule has 2 fully saturated rings. The highest BCUT2D eigenvalue weighted by Gasteiger charge is 2.39. The van der Waals surface area contributed by atoms with Crippen LogP contribution in [-0.4, -0.2) is 89.0 Å². The second-order valence-corrected chi connectivity index (χ2v) is 8.82. The molecule has 2 aliphatic rings. The Bertz CT molecular complexity index is 871. The number of thioether (sulfide) groups is 1. The van der Waals surface area contributed by atoms with E-state index in [-0.39, 0.29) is 18.5 Å². The number of carbonyl (C=O) groups excluding carboxylic acids is 1. The van der Waals surface area contributed by atoms with Gasteiger partial charge in [-0.15, -0.1) is 11.8 Å². The third-order valence-electron chi connectivity index (χ3n) is 5.78. The summed E-state index contributed by atoms with van der Waals surface area (Å²) in [7, 11) is 3.60. The molecule has 2 aromatic rings. The largest absolute Gasteiger partial charge is 0.483 e. The van der Waals surface area contributed by atoms with Crippen molar-refractivity contribution in [1.82, 2.24) is 19.4 Å². The molecule has 0 bridgehead atoms. The Labute approximate surface area is 187 Å². The van der Waals surface area contributed by atoms with E-state index in [1.807, 2.05) is 6.20 Å². The van der Waals surface area contributed by atoms with Crippen LogP contribution in [-0.2, 0) is 14.3 Å². The Hall–Kier alpha value is -2.36. The second kappa shape index (κ2) is 10.8. The summed E-state index contributed by atoms with van der Waals surface area (Å²) >= 11 is 1.75. The second-order valence-electron chi connectivity index (χ2n) is 7.94. The number of carboxylic acid groups (broad SMARTS) is 1. The maximum atomic E-state index is 12.0. The molecular formula is C22H30N4O4S. The first-order valence-electron chi connectivity index (χ1n) is 10.3. The number of fused-ring (bicyclic) bond motifs is 1. The van der Waals surface area contributed by atoms with Crippen LogP contribution in [0.4, 0.5) is 0 Å². The molecule has 3 heterocycles. The number of amides is 1. The summed E-state index contributed by atoms with van der Waals surface area (Å²) < 4.78 is 8.31. The van der Waals surface area contributed by atoms with Crippen LogP contribution >= 0.6 is 11.8 Å². The number of morpholine rings is 1. The first-order valence-corrected chi connectivity index (χ1v) is 11.5. The molecule has 2 saturated heterocycles. The fourth-order valence-corrected chi connectivity index (χ4v) is 4.60. The predicted molar refractivity (Wildman–Crippen MR) is 120 cm³/mol. The van der Waals surface area contributed by atoms with Crippen molar-refractivity contribution in [2.75, 3.05) is 40.0 Å². The molecule has 1 N–H and O–H groups in total. The Kier molecular flexibility index (Phi) is 8.11. The van der Waals surface area contributed by atoms with Gasteiger partial charge in [-0.2, -0.15) is 0 Å². The van der Waals surface area contributed by atoms with E-state index in [0.29, 0.717) is 25.1 Å². The Morgan fingerprint density at radius 1 is 1.29 bits per heavy atom. The molecule has 0 aliphatic carbocycles. The van der Waals surface area contributed by atoms with Crippen molar-refractivity contribution in [3.63, 3.8) is 0 Å². The highest BCUT2D eigenvalue weighted by Crippen LogP contribution is 2.34. The quantitative estimate of drug-likeness (QED) is 0.558. The predicted octanol–water partition coefficient (Wildman–Crippen LogP) is 2.47. The van der Waals surface area contributed by atoms with Crippen LogP contribution in [0.2, 0.25) is 0 Å². The Balaban J connectivity index is 0.000000858. The third kappa shape index (κ3) is 5.66. The topological polar surface area (TPSA) is 87.9 Å². The van der Waals surface area contributed by atoms with Crippen molar-refractivity contribution in [2.24, 2.45) is 0 Å². The summed E-state index contributed by atoms with van der Waals surface area (Å²) in [5.41, 5.74) is 1.15. The van der Waals surface area contributed by atoms with Gasteiger partial charge in [0.25, 0.3) is 6.47 Å². The van der Waals surface area contributed by atoms with Crippen LogP contribution < -0.4 is 0 Å². The van der Waals surface area contributed by atoms with Gasteiger partial charge in [0.1, 0.15) is 5.82 Å². The zero-order chi connectivity index (χ0) is 22.4. The maximum absolute atomic E-state index is 12.0. The smallest absolute Gasteiger partial charge is 0.290 e. The molecule has 31 heavy (non-hydrogen) atoms. The van der Waals surface area contributed by atoms with E-state index in [1.54, 1.807) is 30.8 Å². The lowest BCUT2D eigenvalue weighted by Crippen LogP contribution is -2.47. The summed E-state index contributed by atoms with van der Waals surface area (Å²) in [6.07, 6.45) is 7.58. The molecule has 0 unspecified atom stereocenters. The van der Waals surface area contributed by atoms with E-state index in [0.717, 1.165) is 30.9 Å². The average Bonchev–Trinajstić information content (AvgIpc) is 3.41. The summed E-state index contributed by atoms with van der Waals surface area (Å²) in [5.74, 6) is 1.16. The highest BCUT2D eigenvalue weighted by atomic mass is 32.2. The van der Waals surface area contributed by atoms with E-state index in [2.05, 4.69) is 51.2 Å². The molecule has 8 nitrogen and oxygen atoms in total. The van der Waals surface area contributed by atoms with Crippen molar-refractivity contribution in [2.45, 2.75) is 35.9 Å². The molecule has 1 amide bonds. The number of hydrogen-bond acceptors (Lipinski definition) is 6. The molecule has 0 spiro atoms. The minimum Gasteiger partial charge on any atom is -0.483 e. The lowest BCUT2D eigenvalue weighted by atomic mass is 10.1. The van der Waals surface area contributed by atoms with Gasteiger partial charge in [-0.05, 0) is 24.8 Å². The number of hydrogen-bond donors (Lipinski definition) is 1. The van der Waals surface area contributed by atoms with Crippen LogP contribution in [0, 0.1) is 0 Å². The molecule has 0 radical (unpaired) electrons. The summed E-state index contributed by atoms with van der Waals surface area (Å²) in [5, 5.41) is 6.89. The maximum Gasteiger partial charge on any atom is 0.290 e. The zero-order valence-corrected chi connectivity index (χ0v) is 19.0. The third-order valence-corrected chi connectivity index (χ3v) is 6.52. The molecule has 2 aliphatic heterocycles. The van der Waals surface area contributed by atoms with Crippen LogP contribution in [0.25, 0.3) is 11.4 Å². The average molecular weight is 447 g/mol. The minimum absolute atomic E-state index is 0.00811. The lowest BCUT2D eigenvalue weighted by Gasteiger charge is -2.35. The fourth-order valence-electron chi connectivity index (χ4n) is 4.19. The number of ether oxygens (including phenoxy) is 1. The monoisotopic (exact) mass is 446 g/mol. The summed E-state index contributed by atoms with van der Waals surface area (Å²) in [4.78, 5) is 30.4. The SMILES string of the molecule is CSc1ccc(-c2nccn2[C@@H]2C[C@H]3CO[C@@H](CC(=O)N(C)C)CN3C2)cc1.O=CO. The molecular weight excluding hydrogens is 416 g/mol. The van der Waals surface area contributed by atoms with Gasteiger partial charge < -0.3 is 19.3 Å². The Morgan fingerprint density at radius 3 is 2.65 bits per heavy atom. The van der Waals surface area contributed by atoms with Crippen molar-refractivity contribution in [1.29, 1.82) is 0 Å². The molecule has 4 rings (SSSR count). The van der Waals surface area contributed by atoms with Gasteiger partial charge in [0.15, 0.2) is 0 Å². The minimum atomic E-state index is -0.250. The number of benzene rings is 1. The van der Waals surface area contributed by atoms with Gasteiger partial charge in [0.2, 0.25) is 5.91 Å². The zero-order valence-electron chi connectivity index (χ0n) is 18.2. The molecule has 168 valence electrons. The molecule has 1 aromatic carbocycles. The van der Waals surface area contributed by atoms with E-state index in [4.69, 9.17) is 14.6 Å².